The minimum Gasteiger partial charge on any atom is -0.310 e. The van der Waals surface area contributed by atoms with Gasteiger partial charge in [0, 0.05) is 22.2 Å². The van der Waals surface area contributed by atoms with Gasteiger partial charge in [-0.25, -0.2) is 0 Å². The zero-order chi connectivity index (χ0) is 41.4. The van der Waals surface area contributed by atoms with Gasteiger partial charge in [-0.2, -0.15) is 0 Å². The summed E-state index contributed by atoms with van der Waals surface area (Å²) >= 11 is 0. The Labute approximate surface area is 365 Å². The maximum absolute atomic E-state index is 2.74. The Hall–Kier alpha value is -6.96. The van der Waals surface area contributed by atoms with E-state index in [4.69, 9.17) is 0 Å². The van der Waals surface area contributed by atoms with Crippen molar-refractivity contribution in [2.75, 3.05) is 4.90 Å². The SMILES string of the molecule is CC1=CC2(c3ccccc3-c3c(-c4cccc5ccccc45)cc(-c4ccc(N(c5ccccc5)c5ccc(-c6ccccc6)cc5)c5ccccc45)cc32)C2CC(C)CC1C2. The van der Waals surface area contributed by atoms with Crippen LogP contribution in [0.2, 0.25) is 0 Å². The Morgan fingerprint density at radius 1 is 0.452 bits per heavy atom. The van der Waals surface area contributed by atoms with E-state index in [1.165, 1.54) is 96.4 Å². The van der Waals surface area contributed by atoms with Crippen LogP contribution >= 0.6 is 0 Å². The molecule has 12 rings (SSSR count). The van der Waals surface area contributed by atoms with Crippen LogP contribution in [0.4, 0.5) is 17.1 Å². The molecule has 0 aromatic heterocycles. The van der Waals surface area contributed by atoms with Gasteiger partial charge >= 0.3 is 0 Å². The van der Waals surface area contributed by atoms with Crippen LogP contribution in [-0.2, 0) is 5.41 Å². The maximum Gasteiger partial charge on any atom is 0.0540 e. The van der Waals surface area contributed by atoms with Crippen molar-refractivity contribution in [1.29, 1.82) is 0 Å². The van der Waals surface area contributed by atoms with Gasteiger partial charge in [0.2, 0.25) is 0 Å². The number of benzene rings is 9. The Balaban J connectivity index is 1.11. The summed E-state index contributed by atoms with van der Waals surface area (Å²) in [5.74, 6) is 1.92. The Morgan fingerprint density at radius 3 is 1.92 bits per heavy atom. The predicted octanol–water partition coefficient (Wildman–Crippen LogP) is 16.7. The molecule has 4 atom stereocenters. The summed E-state index contributed by atoms with van der Waals surface area (Å²) in [6, 6.07) is 74.7. The summed E-state index contributed by atoms with van der Waals surface area (Å²) in [6.07, 6.45) is 6.55. The number of hydrogen-bond acceptors (Lipinski definition) is 1. The molecule has 1 fully saturated rings. The molecule has 1 spiro atoms. The average Bonchev–Trinajstić information content (AvgIpc) is 3.61. The summed E-state index contributed by atoms with van der Waals surface area (Å²) in [7, 11) is 0. The zero-order valence-corrected chi connectivity index (χ0v) is 35.4. The minimum atomic E-state index is -0.178. The Morgan fingerprint density at radius 2 is 1.10 bits per heavy atom. The van der Waals surface area contributed by atoms with E-state index in [1.54, 1.807) is 5.57 Å². The summed E-state index contributed by atoms with van der Waals surface area (Å²) in [6.45, 7) is 4.92. The van der Waals surface area contributed by atoms with Crippen molar-refractivity contribution in [3.8, 4) is 44.5 Å². The summed E-state index contributed by atoms with van der Waals surface area (Å²) in [5.41, 5.74) is 18.2. The van der Waals surface area contributed by atoms with Crippen LogP contribution in [0.1, 0.15) is 44.2 Å². The molecular formula is C61H49N. The first kappa shape index (κ1) is 36.9. The van der Waals surface area contributed by atoms with Crippen molar-refractivity contribution in [3.63, 3.8) is 0 Å². The highest BCUT2D eigenvalue weighted by Gasteiger charge is 2.52. The van der Waals surface area contributed by atoms with Crippen molar-refractivity contribution in [3.05, 3.63) is 223 Å². The molecule has 0 aliphatic heterocycles. The fourth-order valence-corrected chi connectivity index (χ4v) is 12.0. The van der Waals surface area contributed by atoms with Gasteiger partial charge in [0.1, 0.15) is 0 Å². The molecule has 0 amide bonds. The highest BCUT2D eigenvalue weighted by molar-refractivity contribution is 6.09. The molecule has 1 nitrogen and oxygen atoms in total. The van der Waals surface area contributed by atoms with Crippen LogP contribution in [0.5, 0.6) is 0 Å². The lowest BCUT2D eigenvalue weighted by Crippen LogP contribution is -2.42. The lowest BCUT2D eigenvalue weighted by atomic mass is 9.55. The normalized spacial score (nSPS) is 19.9. The van der Waals surface area contributed by atoms with Crippen LogP contribution in [0.15, 0.2) is 212 Å². The first-order valence-corrected chi connectivity index (χ1v) is 22.5. The van der Waals surface area contributed by atoms with Crippen molar-refractivity contribution < 1.29 is 0 Å². The van der Waals surface area contributed by atoms with Crippen molar-refractivity contribution >= 4 is 38.6 Å². The van der Waals surface area contributed by atoms with Gasteiger partial charge in [-0.05, 0) is 158 Å². The molecule has 1 saturated carbocycles. The van der Waals surface area contributed by atoms with E-state index < -0.39 is 0 Å². The van der Waals surface area contributed by atoms with Crippen molar-refractivity contribution in [2.45, 2.75) is 38.5 Å². The minimum absolute atomic E-state index is 0.178. The van der Waals surface area contributed by atoms with Gasteiger partial charge in [0.15, 0.2) is 0 Å². The first-order chi connectivity index (χ1) is 30.5. The van der Waals surface area contributed by atoms with Crippen LogP contribution in [0, 0.1) is 17.8 Å². The largest absolute Gasteiger partial charge is 0.310 e. The van der Waals surface area contributed by atoms with E-state index in [2.05, 4.69) is 225 Å². The lowest BCUT2D eigenvalue weighted by Gasteiger charge is -2.49. The van der Waals surface area contributed by atoms with Crippen LogP contribution < -0.4 is 4.90 Å². The zero-order valence-electron chi connectivity index (χ0n) is 35.4. The maximum atomic E-state index is 2.74. The molecule has 9 aromatic rings. The molecule has 2 bridgehead atoms. The van der Waals surface area contributed by atoms with Crippen molar-refractivity contribution in [1.82, 2.24) is 0 Å². The van der Waals surface area contributed by atoms with Crippen LogP contribution in [0.3, 0.4) is 0 Å². The predicted molar refractivity (Wildman–Crippen MR) is 262 cm³/mol. The molecule has 3 aliphatic carbocycles. The molecule has 62 heavy (non-hydrogen) atoms. The molecule has 298 valence electrons. The molecule has 0 saturated heterocycles. The lowest BCUT2D eigenvalue weighted by molar-refractivity contribution is 0.168. The monoisotopic (exact) mass is 795 g/mol. The number of hydrogen-bond donors (Lipinski definition) is 0. The van der Waals surface area contributed by atoms with E-state index >= 15 is 0 Å². The smallest absolute Gasteiger partial charge is 0.0540 e. The van der Waals surface area contributed by atoms with Gasteiger partial charge in [-0.3, -0.25) is 0 Å². The van der Waals surface area contributed by atoms with E-state index in [0.717, 1.165) is 17.1 Å². The Kier molecular flexibility index (Phi) is 8.68. The second-order valence-corrected chi connectivity index (χ2v) is 18.2. The van der Waals surface area contributed by atoms with Crippen molar-refractivity contribution in [2.24, 2.45) is 17.8 Å². The summed E-state index contributed by atoms with van der Waals surface area (Å²) in [4.78, 5) is 2.42. The standard InChI is InChI=1S/C61H49N/c1-40-34-45-36-47(35-40)61(39-41(45)2)57-27-14-13-25-55(57)60-56(53-26-15-19-44-18-9-10-22-50(44)53)37-46(38-58(60)61)51-32-33-59(54-24-12-11-23-52(51)54)62(48-20-7-4-8-21-48)49-30-28-43(29-31-49)42-16-5-3-6-17-42/h3-33,37-40,45,47H,34-36H2,1-2H3. The third kappa shape index (κ3) is 5.75. The van der Waals surface area contributed by atoms with Crippen LogP contribution in [-0.4, -0.2) is 0 Å². The molecule has 3 aliphatic rings. The van der Waals surface area contributed by atoms with Gasteiger partial charge in [-0.15, -0.1) is 0 Å². The van der Waals surface area contributed by atoms with E-state index in [0.29, 0.717) is 17.8 Å². The number of anilines is 3. The molecule has 0 N–H and O–H groups in total. The van der Waals surface area contributed by atoms with Crippen LogP contribution in [0.25, 0.3) is 66.1 Å². The molecule has 0 radical (unpaired) electrons. The molecule has 0 heterocycles. The first-order valence-electron chi connectivity index (χ1n) is 22.5. The van der Waals surface area contributed by atoms with E-state index in [1.807, 2.05) is 0 Å². The quantitative estimate of drug-likeness (QED) is 0.152. The molecule has 1 heteroatoms. The third-order valence-corrected chi connectivity index (χ3v) is 14.7. The average molecular weight is 796 g/mol. The van der Waals surface area contributed by atoms with Gasteiger partial charge in [0.05, 0.1) is 5.69 Å². The number of fused-ring (bicyclic) bond motifs is 10. The third-order valence-electron chi connectivity index (χ3n) is 14.7. The second-order valence-electron chi connectivity index (χ2n) is 18.2. The fraction of sp³-hybridized carbons (Fsp3) is 0.148. The second kappa shape index (κ2) is 14.6. The number of allylic oxidation sites excluding steroid dienone is 2. The number of nitrogens with zero attached hydrogens (tertiary/aromatic N) is 1. The summed E-state index contributed by atoms with van der Waals surface area (Å²) < 4.78 is 0. The topological polar surface area (TPSA) is 3.24 Å². The fourth-order valence-electron chi connectivity index (χ4n) is 12.0. The van der Waals surface area contributed by atoms with E-state index in [-0.39, 0.29) is 5.41 Å². The number of para-hydroxylation sites is 1. The highest BCUT2D eigenvalue weighted by Crippen LogP contribution is 2.63. The van der Waals surface area contributed by atoms with Gasteiger partial charge in [-0.1, -0.05) is 176 Å². The van der Waals surface area contributed by atoms with Gasteiger partial charge in [0.25, 0.3) is 0 Å². The summed E-state index contributed by atoms with van der Waals surface area (Å²) in [5, 5.41) is 5.05. The molecule has 9 aromatic carbocycles. The van der Waals surface area contributed by atoms with Gasteiger partial charge < -0.3 is 4.90 Å². The van der Waals surface area contributed by atoms with E-state index in [9.17, 15) is 0 Å². The molecule has 4 unspecified atom stereocenters. The molecular weight excluding hydrogens is 747 g/mol. The number of rotatable bonds is 6. The highest BCUT2D eigenvalue weighted by atomic mass is 15.1. The Bertz CT molecular complexity index is 3190.